The molecule has 0 aliphatic rings. The Balaban J connectivity index is 2.04. The summed E-state index contributed by atoms with van der Waals surface area (Å²) in [5.74, 6) is 0.959. The molecule has 0 aliphatic carbocycles. The highest BCUT2D eigenvalue weighted by Crippen LogP contribution is 2.16. The minimum atomic E-state index is -0.121. The summed E-state index contributed by atoms with van der Waals surface area (Å²) in [5.41, 5.74) is 2.21. The highest BCUT2D eigenvalue weighted by molar-refractivity contribution is 5.86. The smallest absolute Gasteiger partial charge is 0.243 e. The van der Waals surface area contributed by atoms with Crippen molar-refractivity contribution in [3.63, 3.8) is 0 Å². The number of aromatic nitrogens is 2. The van der Waals surface area contributed by atoms with Gasteiger partial charge in [-0.25, -0.2) is 4.98 Å². The van der Waals surface area contributed by atoms with Gasteiger partial charge in [-0.15, -0.1) is 0 Å². The summed E-state index contributed by atoms with van der Waals surface area (Å²) >= 11 is 0. The molecule has 2 rings (SSSR count). The normalized spacial score (nSPS) is 10.6. The lowest BCUT2D eigenvalue weighted by Gasteiger charge is -2.06. The highest BCUT2D eigenvalue weighted by atomic mass is 16.1. The van der Waals surface area contributed by atoms with E-state index in [9.17, 15) is 4.79 Å². The number of para-hydroxylation sites is 2. The molecule has 4 nitrogen and oxygen atoms in total. The second-order valence-electron chi connectivity index (χ2n) is 4.36. The first-order chi connectivity index (χ1) is 9.26. The van der Waals surface area contributed by atoms with Crippen molar-refractivity contribution < 1.29 is 4.79 Å². The zero-order valence-corrected chi connectivity index (χ0v) is 11.2. The Kier molecular flexibility index (Phi) is 4.34. The van der Waals surface area contributed by atoms with E-state index >= 15 is 0 Å². The van der Waals surface area contributed by atoms with Gasteiger partial charge in [0.1, 0.15) is 5.82 Å². The zero-order chi connectivity index (χ0) is 13.7. The third kappa shape index (κ3) is 3.02. The lowest BCUT2D eigenvalue weighted by molar-refractivity contribution is -0.116. The van der Waals surface area contributed by atoms with E-state index in [-0.39, 0.29) is 5.91 Å². The topological polar surface area (TPSA) is 46.9 Å². The predicted octanol–water partition coefficient (Wildman–Crippen LogP) is 2.29. The van der Waals surface area contributed by atoms with E-state index in [0.717, 1.165) is 30.7 Å². The molecule has 0 saturated carbocycles. The van der Waals surface area contributed by atoms with Crippen LogP contribution in [0.25, 0.3) is 11.0 Å². The fourth-order valence-electron chi connectivity index (χ4n) is 2.20. The van der Waals surface area contributed by atoms with Gasteiger partial charge in [0.25, 0.3) is 0 Å². The van der Waals surface area contributed by atoms with Crippen molar-refractivity contribution in [2.24, 2.45) is 0 Å². The number of hydrogen-bond acceptors (Lipinski definition) is 2. The van der Waals surface area contributed by atoms with E-state index in [1.807, 2.05) is 18.2 Å². The summed E-state index contributed by atoms with van der Waals surface area (Å²) in [6.45, 7) is 7.11. The summed E-state index contributed by atoms with van der Waals surface area (Å²) in [7, 11) is 0. The number of hydrogen-bond donors (Lipinski definition) is 1. The summed E-state index contributed by atoms with van der Waals surface area (Å²) in [4.78, 5) is 15.7. The molecule has 1 heterocycles. The van der Waals surface area contributed by atoms with Crippen LogP contribution in [0.4, 0.5) is 0 Å². The zero-order valence-electron chi connectivity index (χ0n) is 11.2. The molecule has 100 valence electrons. The van der Waals surface area contributed by atoms with Crippen LogP contribution in [0.2, 0.25) is 0 Å². The Labute approximate surface area is 113 Å². The number of imidazole rings is 1. The maximum atomic E-state index is 11.0. The van der Waals surface area contributed by atoms with Gasteiger partial charge in [-0.3, -0.25) is 4.79 Å². The van der Waals surface area contributed by atoms with E-state index < -0.39 is 0 Å². The summed E-state index contributed by atoms with van der Waals surface area (Å²) in [5, 5.41) is 2.78. The standard InChI is InChI=1S/C15H19N3O/c1-3-15(19)16-11-7-10-14-17-12-8-5-6-9-13(12)18(14)4-2/h3,5-6,8-9H,1,4,7,10-11H2,2H3,(H,16,19). The molecular formula is C15H19N3O. The summed E-state index contributed by atoms with van der Waals surface area (Å²) < 4.78 is 2.23. The molecule has 4 heteroatoms. The van der Waals surface area contributed by atoms with Crippen LogP contribution in [-0.2, 0) is 17.8 Å². The third-order valence-electron chi connectivity index (χ3n) is 3.11. The summed E-state index contributed by atoms with van der Waals surface area (Å²) in [6, 6.07) is 8.16. The molecule has 0 aliphatic heterocycles. The van der Waals surface area contributed by atoms with E-state index in [2.05, 4.69) is 34.4 Å². The van der Waals surface area contributed by atoms with Gasteiger partial charge in [-0.1, -0.05) is 18.7 Å². The van der Waals surface area contributed by atoms with E-state index in [4.69, 9.17) is 0 Å². The van der Waals surface area contributed by atoms with Crippen LogP contribution in [0, 0.1) is 0 Å². The van der Waals surface area contributed by atoms with E-state index in [1.165, 1.54) is 11.6 Å². The Morgan fingerprint density at radius 2 is 2.26 bits per heavy atom. The molecule has 1 amide bonds. The Morgan fingerprint density at radius 1 is 1.47 bits per heavy atom. The first kappa shape index (κ1) is 13.3. The van der Waals surface area contributed by atoms with Crippen molar-refractivity contribution in [3.8, 4) is 0 Å². The van der Waals surface area contributed by atoms with Crippen molar-refractivity contribution in [1.82, 2.24) is 14.9 Å². The number of nitrogens with one attached hydrogen (secondary N) is 1. The van der Waals surface area contributed by atoms with Crippen LogP contribution in [0.15, 0.2) is 36.9 Å². The molecule has 0 spiro atoms. The van der Waals surface area contributed by atoms with Crippen LogP contribution in [0.1, 0.15) is 19.2 Å². The molecule has 0 unspecified atom stereocenters. The second-order valence-corrected chi connectivity index (χ2v) is 4.36. The number of benzene rings is 1. The van der Waals surface area contributed by atoms with Crippen molar-refractivity contribution in [2.45, 2.75) is 26.3 Å². The molecule has 0 radical (unpaired) electrons. The highest BCUT2D eigenvalue weighted by Gasteiger charge is 2.08. The first-order valence-corrected chi connectivity index (χ1v) is 6.60. The van der Waals surface area contributed by atoms with Crippen LogP contribution in [0.5, 0.6) is 0 Å². The van der Waals surface area contributed by atoms with Gasteiger partial charge in [0.05, 0.1) is 11.0 Å². The Hall–Kier alpha value is -2.10. The molecule has 0 saturated heterocycles. The molecule has 19 heavy (non-hydrogen) atoms. The number of aryl methyl sites for hydroxylation is 2. The average Bonchev–Trinajstić information content (AvgIpc) is 2.80. The maximum absolute atomic E-state index is 11.0. The van der Waals surface area contributed by atoms with Crippen molar-refractivity contribution in [2.75, 3.05) is 6.54 Å². The molecule has 0 atom stereocenters. The molecule has 1 N–H and O–H groups in total. The van der Waals surface area contributed by atoms with Gasteiger partial charge in [0.15, 0.2) is 0 Å². The van der Waals surface area contributed by atoms with Gasteiger partial charge >= 0.3 is 0 Å². The molecule has 1 aromatic carbocycles. The predicted molar refractivity (Wildman–Crippen MR) is 76.9 cm³/mol. The third-order valence-corrected chi connectivity index (χ3v) is 3.11. The van der Waals surface area contributed by atoms with Gasteiger partial charge in [0, 0.05) is 19.5 Å². The fraction of sp³-hybridized carbons (Fsp3) is 0.333. The quantitative estimate of drug-likeness (QED) is 0.637. The second kappa shape index (κ2) is 6.18. The van der Waals surface area contributed by atoms with Crippen LogP contribution >= 0.6 is 0 Å². The van der Waals surface area contributed by atoms with Gasteiger partial charge in [-0.2, -0.15) is 0 Å². The van der Waals surface area contributed by atoms with Crippen LogP contribution in [0.3, 0.4) is 0 Å². The largest absolute Gasteiger partial charge is 0.353 e. The van der Waals surface area contributed by atoms with Gasteiger partial charge in [0.2, 0.25) is 5.91 Å². The summed E-state index contributed by atoms with van der Waals surface area (Å²) in [6.07, 6.45) is 3.03. The van der Waals surface area contributed by atoms with Gasteiger partial charge in [-0.05, 0) is 31.6 Å². The van der Waals surface area contributed by atoms with Gasteiger partial charge < -0.3 is 9.88 Å². The Morgan fingerprint density at radius 3 is 3.00 bits per heavy atom. The number of rotatable bonds is 6. The molecule has 0 bridgehead atoms. The SMILES string of the molecule is C=CC(=O)NCCCc1nc2ccccc2n1CC. The lowest BCUT2D eigenvalue weighted by Crippen LogP contribution is -2.22. The number of amides is 1. The molecule has 1 aromatic heterocycles. The Bertz CT molecular complexity index is 586. The van der Waals surface area contributed by atoms with Crippen LogP contribution < -0.4 is 5.32 Å². The minimum absolute atomic E-state index is 0.121. The maximum Gasteiger partial charge on any atom is 0.243 e. The van der Waals surface area contributed by atoms with Crippen molar-refractivity contribution >= 4 is 16.9 Å². The number of carbonyl (C=O) groups is 1. The molecular weight excluding hydrogens is 238 g/mol. The number of nitrogens with zero attached hydrogens (tertiary/aromatic N) is 2. The van der Waals surface area contributed by atoms with Crippen LogP contribution in [-0.4, -0.2) is 22.0 Å². The minimum Gasteiger partial charge on any atom is -0.353 e. The van der Waals surface area contributed by atoms with Crippen molar-refractivity contribution in [3.05, 3.63) is 42.7 Å². The molecule has 2 aromatic rings. The monoisotopic (exact) mass is 257 g/mol. The van der Waals surface area contributed by atoms with E-state index in [0.29, 0.717) is 6.54 Å². The number of fused-ring (bicyclic) bond motifs is 1. The van der Waals surface area contributed by atoms with E-state index in [1.54, 1.807) is 0 Å². The number of carbonyl (C=O) groups excluding carboxylic acids is 1. The average molecular weight is 257 g/mol. The molecule has 0 fully saturated rings. The lowest BCUT2D eigenvalue weighted by atomic mass is 10.3. The fourth-order valence-corrected chi connectivity index (χ4v) is 2.20. The van der Waals surface area contributed by atoms with Crippen molar-refractivity contribution in [1.29, 1.82) is 0 Å². The first-order valence-electron chi connectivity index (χ1n) is 6.60.